The summed E-state index contributed by atoms with van der Waals surface area (Å²) in [6.45, 7) is 8.13. The van der Waals surface area contributed by atoms with Crippen molar-refractivity contribution in [2.75, 3.05) is 45.9 Å². The average molecular weight is 264 g/mol. The molecule has 2 heterocycles. The summed E-state index contributed by atoms with van der Waals surface area (Å²) in [5, 5.41) is 6.13. The van der Waals surface area contributed by atoms with Crippen LogP contribution in [0.5, 0.6) is 0 Å². The molecule has 2 rings (SSSR count). The molecule has 17 heavy (non-hydrogen) atoms. The zero-order chi connectivity index (χ0) is 11.4. The maximum Gasteiger partial charge on any atom is 0.225 e. The monoisotopic (exact) mass is 263 g/mol. The number of ether oxygens (including phenoxy) is 1. The first-order valence-corrected chi connectivity index (χ1v) is 6.07. The minimum Gasteiger partial charge on any atom is -0.379 e. The van der Waals surface area contributed by atoms with Gasteiger partial charge in [-0.25, -0.2) is 0 Å². The molecule has 0 radical (unpaired) electrons. The van der Waals surface area contributed by atoms with E-state index in [4.69, 9.17) is 4.74 Å². The highest BCUT2D eigenvalue weighted by molar-refractivity contribution is 5.85. The maximum atomic E-state index is 11.6. The smallest absolute Gasteiger partial charge is 0.225 e. The van der Waals surface area contributed by atoms with Gasteiger partial charge in [-0.2, -0.15) is 0 Å². The van der Waals surface area contributed by atoms with Crippen LogP contribution < -0.4 is 10.6 Å². The Labute approximate surface area is 109 Å². The van der Waals surface area contributed by atoms with E-state index in [-0.39, 0.29) is 24.2 Å². The molecule has 2 aliphatic heterocycles. The largest absolute Gasteiger partial charge is 0.379 e. The maximum absolute atomic E-state index is 11.6. The predicted molar refractivity (Wildman–Crippen MR) is 68.5 cm³/mol. The molecule has 6 heteroatoms. The van der Waals surface area contributed by atoms with E-state index in [0.29, 0.717) is 6.04 Å². The molecule has 0 aromatic heterocycles. The van der Waals surface area contributed by atoms with Crippen LogP contribution in [0, 0.1) is 5.92 Å². The number of halogens is 1. The molecular weight excluding hydrogens is 242 g/mol. The first-order chi connectivity index (χ1) is 7.77. The van der Waals surface area contributed by atoms with E-state index in [9.17, 15) is 4.79 Å². The van der Waals surface area contributed by atoms with Crippen LogP contribution in [0.25, 0.3) is 0 Å². The molecule has 5 nitrogen and oxygen atoms in total. The number of morpholine rings is 1. The van der Waals surface area contributed by atoms with Gasteiger partial charge in [0.2, 0.25) is 5.91 Å². The Morgan fingerprint density at radius 1 is 1.47 bits per heavy atom. The van der Waals surface area contributed by atoms with Crippen LogP contribution in [0.3, 0.4) is 0 Å². The third kappa shape index (κ3) is 4.10. The minimum absolute atomic E-state index is 0. The van der Waals surface area contributed by atoms with Gasteiger partial charge in [0, 0.05) is 38.8 Å². The summed E-state index contributed by atoms with van der Waals surface area (Å²) in [7, 11) is 0. The number of hydrogen-bond donors (Lipinski definition) is 2. The minimum atomic E-state index is 0. The van der Waals surface area contributed by atoms with Crippen LogP contribution in [-0.4, -0.2) is 62.8 Å². The molecule has 100 valence electrons. The summed E-state index contributed by atoms with van der Waals surface area (Å²) in [5.41, 5.74) is 0. The van der Waals surface area contributed by atoms with Crippen LogP contribution >= 0.6 is 12.4 Å². The lowest BCUT2D eigenvalue weighted by molar-refractivity contribution is -0.126. The number of nitrogens with zero attached hydrogens (tertiary/aromatic N) is 1. The molecule has 0 aromatic rings. The quantitative estimate of drug-likeness (QED) is 0.716. The van der Waals surface area contributed by atoms with Gasteiger partial charge < -0.3 is 15.4 Å². The van der Waals surface area contributed by atoms with Crippen molar-refractivity contribution in [2.45, 2.75) is 13.0 Å². The fourth-order valence-electron chi connectivity index (χ4n) is 2.01. The van der Waals surface area contributed by atoms with Gasteiger partial charge in [0.05, 0.1) is 19.1 Å². The Bertz CT molecular complexity index is 243. The van der Waals surface area contributed by atoms with Crippen molar-refractivity contribution in [3.05, 3.63) is 0 Å². The molecule has 2 saturated heterocycles. The average Bonchev–Trinajstić information content (AvgIpc) is 2.25. The highest BCUT2D eigenvalue weighted by Gasteiger charge is 2.25. The summed E-state index contributed by atoms with van der Waals surface area (Å²) in [4.78, 5) is 14.0. The zero-order valence-electron chi connectivity index (χ0n) is 10.3. The fraction of sp³-hybridized carbons (Fsp3) is 0.909. The van der Waals surface area contributed by atoms with Crippen molar-refractivity contribution in [3.8, 4) is 0 Å². The van der Waals surface area contributed by atoms with Crippen molar-refractivity contribution in [3.63, 3.8) is 0 Å². The Hall–Kier alpha value is -0.360. The second kappa shape index (κ2) is 7.16. The van der Waals surface area contributed by atoms with Gasteiger partial charge in [-0.1, -0.05) is 0 Å². The molecule has 0 aliphatic carbocycles. The van der Waals surface area contributed by atoms with Gasteiger partial charge in [0.25, 0.3) is 0 Å². The number of amides is 1. The van der Waals surface area contributed by atoms with E-state index in [0.717, 1.165) is 45.9 Å². The zero-order valence-corrected chi connectivity index (χ0v) is 11.1. The van der Waals surface area contributed by atoms with Crippen LogP contribution in [0.15, 0.2) is 0 Å². The molecular formula is C11H22ClN3O2. The molecule has 0 saturated carbocycles. The highest BCUT2D eigenvalue weighted by atomic mass is 35.5. The van der Waals surface area contributed by atoms with Crippen molar-refractivity contribution in [2.24, 2.45) is 5.92 Å². The fourth-order valence-corrected chi connectivity index (χ4v) is 2.01. The van der Waals surface area contributed by atoms with Gasteiger partial charge in [0.1, 0.15) is 0 Å². The van der Waals surface area contributed by atoms with E-state index < -0.39 is 0 Å². The van der Waals surface area contributed by atoms with Crippen molar-refractivity contribution in [1.29, 1.82) is 0 Å². The number of carbonyl (C=O) groups excluding carboxylic acids is 1. The van der Waals surface area contributed by atoms with Crippen LogP contribution in [0.4, 0.5) is 0 Å². The lowest BCUT2D eigenvalue weighted by atomic mass is 10.0. The molecule has 0 spiro atoms. The van der Waals surface area contributed by atoms with E-state index in [2.05, 4.69) is 22.5 Å². The van der Waals surface area contributed by atoms with Crippen LogP contribution in [-0.2, 0) is 9.53 Å². The summed E-state index contributed by atoms with van der Waals surface area (Å²) < 4.78 is 5.30. The second-order valence-electron chi connectivity index (χ2n) is 4.60. The Kier molecular flexibility index (Phi) is 6.19. The number of rotatable bonds is 4. The van der Waals surface area contributed by atoms with Crippen LogP contribution in [0.1, 0.15) is 6.92 Å². The van der Waals surface area contributed by atoms with Gasteiger partial charge >= 0.3 is 0 Å². The SMILES string of the molecule is CC(CNC(=O)C1CNC1)N1CCOCC1.Cl. The summed E-state index contributed by atoms with van der Waals surface area (Å²) in [5.74, 6) is 0.385. The first-order valence-electron chi connectivity index (χ1n) is 6.07. The van der Waals surface area contributed by atoms with E-state index >= 15 is 0 Å². The Morgan fingerprint density at radius 3 is 2.65 bits per heavy atom. The first kappa shape index (κ1) is 14.7. The van der Waals surface area contributed by atoms with Crippen molar-refractivity contribution < 1.29 is 9.53 Å². The van der Waals surface area contributed by atoms with Gasteiger partial charge in [-0.3, -0.25) is 9.69 Å². The standard InChI is InChI=1S/C11H21N3O2.ClH/c1-9(14-2-4-16-5-3-14)6-13-11(15)10-7-12-8-10;/h9-10,12H,2-8H2,1H3,(H,13,15);1H. The third-order valence-electron chi connectivity index (χ3n) is 3.39. The summed E-state index contributed by atoms with van der Waals surface area (Å²) in [6.07, 6.45) is 0. The van der Waals surface area contributed by atoms with E-state index in [1.807, 2.05) is 0 Å². The second-order valence-corrected chi connectivity index (χ2v) is 4.60. The van der Waals surface area contributed by atoms with Crippen molar-refractivity contribution in [1.82, 2.24) is 15.5 Å². The van der Waals surface area contributed by atoms with Gasteiger partial charge in [-0.05, 0) is 6.92 Å². The van der Waals surface area contributed by atoms with E-state index in [1.165, 1.54) is 0 Å². The van der Waals surface area contributed by atoms with E-state index in [1.54, 1.807) is 0 Å². The number of carbonyl (C=O) groups is 1. The van der Waals surface area contributed by atoms with Gasteiger partial charge in [-0.15, -0.1) is 12.4 Å². The van der Waals surface area contributed by atoms with Crippen molar-refractivity contribution >= 4 is 18.3 Å². The molecule has 2 N–H and O–H groups in total. The summed E-state index contributed by atoms with van der Waals surface area (Å²) in [6, 6.07) is 0.404. The van der Waals surface area contributed by atoms with Crippen LogP contribution in [0.2, 0.25) is 0 Å². The highest BCUT2D eigenvalue weighted by Crippen LogP contribution is 2.05. The number of nitrogens with one attached hydrogen (secondary N) is 2. The Morgan fingerprint density at radius 2 is 2.12 bits per heavy atom. The molecule has 1 unspecified atom stereocenters. The molecule has 1 atom stereocenters. The summed E-state index contributed by atoms with van der Waals surface area (Å²) >= 11 is 0. The molecule has 2 aliphatic rings. The van der Waals surface area contributed by atoms with Gasteiger partial charge in [0.15, 0.2) is 0 Å². The topological polar surface area (TPSA) is 53.6 Å². The third-order valence-corrected chi connectivity index (χ3v) is 3.39. The molecule has 0 bridgehead atoms. The Balaban J connectivity index is 0.00000144. The predicted octanol–water partition coefficient (Wildman–Crippen LogP) is -0.535. The number of hydrogen-bond acceptors (Lipinski definition) is 4. The molecule has 0 aromatic carbocycles. The lowest BCUT2D eigenvalue weighted by Gasteiger charge is -2.33. The lowest BCUT2D eigenvalue weighted by Crippen LogP contribution is -2.53. The molecule has 1 amide bonds. The normalized spacial score (nSPS) is 23.4. The molecule has 2 fully saturated rings.